The summed E-state index contributed by atoms with van der Waals surface area (Å²) < 4.78 is 0.875. The summed E-state index contributed by atoms with van der Waals surface area (Å²) in [5.41, 5.74) is 8.28. The fourth-order valence-electron chi connectivity index (χ4n) is 2.53. The molecule has 0 saturated heterocycles. The number of hydrogen-bond donors (Lipinski definition) is 3. The largest absolute Gasteiger partial charge is 0.393 e. The second kappa shape index (κ2) is 4.94. The molecule has 1 saturated carbocycles. The number of nitrogens with one attached hydrogen (secondary N) is 1. The zero-order valence-electron chi connectivity index (χ0n) is 10.3. The second-order valence-electron chi connectivity index (χ2n) is 4.92. The van der Waals surface area contributed by atoms with Crippen LogP contribution in [-0.4, -0.2) is 27.2 Å². The van der Waals surface area contributed by atoms with E-state index >= 15 is 0 Å². The Hall–Kier alpha value is -1.40. The Morgan fingerprint density at radius 3 is 2.95 bits per heavy atom. The average Bonchev–Trinajstić information content (AvgIpc) is 2.74. The minimum Gasteiger partial charge on any atom is -0.393 e. The highest BCUT2D eigenvalue weighted by Gasteiger charge is 2.23. The highest BCUT2D eigenvalue weighted by atomic mass is 79.9. The van der Waals surface area contributed by atoms with Crippen molar-refractivity contribution in [2.24, 2.45) is 0 Å². The molecule has 0 aromatic carbocycles. The molecular formula is C13H15BrN4O. The van der Waals surface area contributed by atoms with Gasteiger partial charge in [-0.25, -0.2) is 4.98 Å². The molecule has 0 spiro atoms. The van der Waals surface area contributed by atoms with Gasteiger partial charge in [0.2, 0.25) is 0 Å². The lowest BCUT2D eigenvalue weighted by Crippen LogP contribution is -2.17. The minimum absolute atomic E-state index is 0.204. The maximum absolute atomic E-state index is 9.58. The summed E-state index contributed by atoms with van der Waals surface area (Å²) in [5, 5.41) is 13.0. The van der Waals surface area contributed by atoms with E-state index in [-0.39, 0.29) is 12.1 Å². The van der Waals surface area contributed by atoms with Crippen molar-refractivity contribution in [3.8, 4) is 0 Å². The van der Waals surface area contributed by atoms with E-state index < -0.39 is 0 Å². The van der Waals surface area contributed by atoms with Gasteiger partial charge in [0.1, 0.15) is 11.3 Å². The quantitative estimate of drug-likeness (QED) is 0.790. The van der Waals surface area contributed by atoms with Crippen LogP contribution in [0.5, 0.6) is 0 Å². The van der Waals surface area contributed by atoms with E-state index in [4.69, 9.17) is 5.73 Å². The number of aliphatic hydroxyl groups is 1. The summed E-state index contributed by atoms with van der Waals surface area (Å²) in [6.07, 6.45) is 4.11. The number of hydrogen-bond acceptors (Lipinski definition) is 5. The molecule has 0 unspecified atom stereocenters. The zero-order chi connectivity index (χ0) is 13.4. The molecule has 100 valence electrons. The van der Waals surface area contributed by atoms with E-state index in [9.17, 15) is 5.11 Å². The van der Waals surface area contributed by atoms with Crippen LogP contribution in [0.4, 0.5) is 11.5 Å². The first-order valence-electron chi connectivity index (χ1n) is 6.28. The van der Waals surface area contributed by atoms with E-state index in [0.717, 1.165) is 40.5 Å². The molecule has 0 bridgehead atoms. The van der Waals surface area contributed by atoms with Crippen LogP contribution in [0.3, 0.4) is 0 Å². The smallest absolute Gasteiger partial charge is 0.126 e. The van der Waals surface area contributed by atoms with E-state index in [0.29, 0.717) is 5.82 Å². The normalized spacial score (nSPS) is 22.8. The number of pyridine rings is 2. The molecule has 0 aliphatic heterocycles. The Morgan fingerprint density at radius 2 is 2.21 bits per heavy atom. The van der Waals surface area contributed by atoms with Crippen LogP contribution in [0.1, 0.15) is 19.3 Å². The van der Waals surface area contributed by atoms with Crippen LogP contribution in [0.15, 0.2) is 22.8 Å². The summed E-state index contributed by atoms with van der Waals surface area (Å²) in [6.45, 7) is 0. The second-order valence-corrected chi connectivity index (χ2v) is 5.84. The molecule has 0 radical (unpaired) electrons. The van der Waals surface area contributed by atoms with Crippen molar-refractivity contribution >= 4 is 38.5 Å². The molecule has 2 aromatic rings. The lowest BCUT2D eigenvalue weighted by Gasteiger charge is -2.15. The Labute approximate surface area is 119 Å². The van der Waals surface area contributed by atoms with Crippen molar-refractivity contribution in [1.29, 1.82) is 0 Å². The fourth-order valence-corrected chi connectivity index (χ4v) is 2.85. The molecule has 2 aromatic heterocycles. The number of aliphatic hydroxyl groups excluding tert-OH is 1. The molecule has 6 heteroatoms. The van der Waals surface area contributed by atoms with Crippen molar-refractivity contribution in [2.75, 3.05) is 11.1 Å². The van der Waals surface area contributed by atoms with Gasteiger partial charge in [-0.2, -0.15) is 0 Å². The van der Waals surface area contributed by atoms with Crippen LogP contribution in [-0.2, 0) is 0 Å². The highest BCUT2D eigenvalue weighted by Crippen LogP contribution is 2.28. The molecule has 2 heterocycles. The number of aromatic nitrogens is 2. The summed E-state index contributed by atoms with van der Waals surface area (Å²) in [5.74, 6) is 0.466. The molecule has 19 heavy (non-hydrogen) atoms. The van der Waals surface area contributed by atoms with Crippen LogP contribution >= 0.6 is 15.9 Å². The van der Waals surface area contributed by atoms with Crippen molar-refractivity contribution < 1.29 is 5.11 Å². The third-order valence-corrected chi connectivity index (χ3v) is 3.83. The maximum atomic E-state index is 9.58. The predicted octanol–water partition coefficient (Wildman–Crippen LogP) is 2.30. The van der Waals surface area contributed by atoms with Gasteiger partial charge >= 0.3 is 0 Å². The van der Waals surface area contributed by atoms with Crippen molar-refractivity contribution in [3.05, 3.63) is 22.8 Å². The van der Waals surface area contributed by atoms with E-state index in [2.05, 4.69) is 31.2 Å². The SMILES string of the molecule is Nc1cc(N[C@H]2CC[C@H](O)C2)c2ncc(Br)cc2n1. The first-order valence-corrected chi connectivity index (χ1v) is 7.07. The number of halogens is 1. The van der Waals surface area contributed by atoms with Crippen LogP contribution in [0.2, 0.25) is 0 Å². The summed E-state index contributed by atoms with van der Waals surface area (Å²) >= 11 is 3.38. The molecular weight excluding hydrogens is 308 g/mol. The van der Waals surface area contributed by atoms with Gasteiger partial charge in [0.05, 0.1) is 17.3 Å². The standard InChI is InChI=1S/C13H15BrN4O/c14-7-3-10-13(16-6-7)11(5-12(15)18-10)17-8-1-2-9(19)4-8/h3,5-6,8-9,19H,1-2,4H2,(H3,15,17,18)/t8-,9-/m0/s1. The van der Waals surface area contributed by atoms with E-state index in [1.807, 2.05) is 6.07 Å². The molecule has 5 nitrogen and oxygen atoms in total. The molecule has 1 fully saturated rings. The molecule has 1 aliphatic rings. The molecule has 0 amide bonds. The highest BCUT2D eigenvalue weighted by molar-refractivity contribution is 9.10. The first-order chi connectivity index (χ1) is 9.11. The topological polar surface area (TPSA) is 84.1 Å². The van der Waals surface area contributed by atoms with Gasteiger partial charge in [-0.3, -0.25) is 4.98 Å². The van der Waals surface area contributed by atoms with Crippen molar-refractivity contribution in [3.63, 3.8) is 0 Å². The lowest BCUT2D eigenvalue weighted by atomic mass is 10.2. The Kier molecular flexibility index (Phi) is 3.28. The minimum atomic E-state index is -0.204. The molecule has 1 aliphatic carbocycles. The van der Waals surface area contributed by atoms with Gasteiger partial charge in [-0.1, -0.05) is 0 Å². The maximum Gasteiger partial charge on any atom is 0.126 e. The fraction of sp³-hybridized carbons (Fsp3) is 0.385. The number of nitrogens with two attached hydrogens (primary N) is 1. The molecule has 2 atom stereocenters. The van der Waals surface area contributed by atoms with Crippen molar-refractivity contribution in [2.45, 2.75) is 31.4 Å². The Bertz CT molecular complexity index is 614. The monoisotopic (exact) mass is 322 g/mol. The average molecular weight is 323 g/mol. The van der Waals surface area contributed by atoms with Gasteiger partial charge in [-0.15, -0.1) is 0 Å². The van der Waals surface area contributed by atoms with Gasteiger partial charge < -0.3 is 16.2 Å². The van der Waals surface area contributed by atoms with E-state index in [1.165, 1.54) is 0 Å². The number of rotatable bonds is 2. The number of nitrogens with zero attached hydrogens (tertiary/aromatic N) is 2. The van der Waals surface area contributed by atoms with Crippen LogP contribution in [0.25, 0.3) is 11.0 Å². The summed E-state index contributed by atoms with van der Waals surface area (Å²) in [6, 6.07) is 3.96. The van der Waals surface area contributed by atoms with Crippen LogP contribution < -0.4 is 11.1 Å². The van der Waals surface area contributed by atoms with Crippen LogP contribution in [0, 0.1) is 0 Å². The Balaban J connectivity index is 1.98. The predicted molar refractivity (Wildman–Crippen MR) is 78.9 cm³/mol. The number of anilines is 2. The van der Waals surface area contributed by atoms with E-state index in [1.54, 1.807) is 12.3 Å². The molecule has 4 N–H and O–H groups in total. The number of nitrogen functional groups attached to an aromatic ring is 1. The van der Waals surface area contributed by atoms with Crippen molar-refractivity contribution in [1.82, 2.24) is 9.97 Å². The third-order valence-electron chi connectivity index (χ3n) is 3.40. The van der Waals surface area contributed by atoms with Gasteiger partial charge in [0.15, 0.2) is 0 Å². The van der Waals surface area contributed by atoms with Gasteiger partial charge in [0.25, 0.3) is 0 Å². The summed E-state index contributed by atoms with van der Waals surface area (Å²) in [7, 11) is 0. The number of fused-ring (bicyclic) bond motifs is 1. The van der Waals surface area contributed by atoms with Gasteiger partial charge in [-0.05, 0) is 41.3 Å². The van der Waals surface area contributed by atoms with Gasteiger partial charge in [0, 0.05) is 22.8 Å². The summed E-state index contributed by atoms with van der Waals surface area (Å²) in [4.78, 5) is 8.68. The Morgan fingerprint density at radius 1 is 1.37 bits per heavy atom. The third kappa shape index (κ3) is 2.64. The first kappa shape index (κ1) is 12.6. The lowest BCUT2D eigenvalue weighted by molar-refractivity contribution is 0.182. The molecule has 3 rings (SSSR count). The zero-order valence-corrected chi connectivity index (χ0v) is 11.9.